The molecule has 1 aliphatic carbocycles. The molecule has 0 aromatic heterocycles. The molecule has 2 fully saturated rings. The maximum absolute atomic E-state index is 12.0. The van der Waals surface area contributed by atoms with E-state index in [9.17, 15) is 9.90 Å². The molecule has 18 heavy (non-hydrogen) atoms. The summed E-state index contributed by atoms with van der Waals surface area (Å²) in [5, 5.41) is 12.9. The highest BCUT2D eigenvalue weighted by Crippen LogP contribution is 2.23. The van der Waals surface area contributed by atoms with Crippen molar-refractivity contribution in [3.8, 4) is 0 Å². The lowest BCUT2D eigenvalue weighted by Crippen LogP contribution is -2.44. The zero-order valence-electron chi connectivity index (χ0n) is 11.2. The zero-order chi connectivity index (χ0) is 12.8. The molecule has 1 aliphatic heterocycles. The number of hydrogen-bond donors (Lipinski definition) is 2. The zero-order valence-corrected chi connectivity index (χ0v) is 11.2. The summed E-state index contributed by atoms with van der Waals surface area (Å²) < 4.78 is 0. The van der Waals surface area contributed by atoms with Gasteiger partial charge in [-0.2, -0.15) is 0 Å². The number of nitrogens with one attached hydrogen (secondary N) is 1. The first kappa shape index (κ1) is 13.7. The van der Waals surface area contributed by atoms with Gasteiger partial charge >= 0.3 is 6.03 Å². The number of rotatable bonds is 2. The van der Waals surface area contributed by atoms with Crippen molar-refractivity contribution in [2.24, 2.45) is 5.92 Å². The Hall–Kier alpha value is -0.770. The predicted molar refractivity (Wildman–Crippen MR) is 71.4 cm³/mol. The number of carbonyl (C=O) groups excluding carboxylic acids is 1. The van der Waals surface area contributed by atoms with Crippen molar-refractivity contribution < 1.29 is 9.90 Å². The maximum atomic E-state index is 12.0. The fourth-order valence-corrected chi connectivity index (χ4v) is 3.03. The van der Waals surface area contributed by atoms with Gasteiger partial charge < -0.3 is 15.3 Å². The molecule has 2 aliphatic rings. The molecule has 4 heteroatoms. The Morgan fingerprint density at radius 1 is 1.06 bits per heavy atom. The minimum absolute atomic E-state index is 0.0645. The molecule has 0 radical (unpaired) electrons. The number of urea groups is 1. The van der Waals surface area contributed by atoms with Crippen LogP contribution in [0.5, 0.6) is 0 Å². The molecule has 2 unspecified atom stereocenters. The molecule has 4 nitrogen and oxygen atoms in total. The third-order valence-electron chi connectivity index (χ3n) is 4.28. The summed E-state index contributed by atoms with van der Waals surface area (Å²) in [5.41, 5.74) is 0. The van der Waals surface area contributed by atoms with Crippen molar-refractivity contribution in [1.29, 1.82) is 0 Å². The van der Waals surface area contributed by atoms with Crippen molar-refractivity contribution in [2.45, 2.75) is 57.5 Å². The highest BCUT2D eigenvalue weighted by Gasteiger charge is 2.24. The Balaban J connectivity index is 1.72. The summed E-state index contributed by atoms with van der Waals surface area (Å²) >= 11 is 0. The van der Waals surface area contributed by atoms with Gasteiger partial charge in [-0.15, -0.1) is 0 Å². The number of likely N-dealkylation sites (tertiary alicyclic amines) is 1. The average molecular weight is 254 g/mol. The second-order valence-corrected chi connectivity index (χ2v) is 5.70. The molecule has 0 aromatic carbocycles. The van der Waals surface area contributed by atoms with Gasteiger partial charge in [0.25, 0.3) is 0 Å². The minimum atomic E-state index is -0.219. The molecule has 2 N–H and O–H groups in total. The summed E-state index contributed by atoms with van der Waals surface area (Å²) in [6.45, 7) is 2.41. The number of hydrogen-bond acceptors (Lipinski definition) is 2. The number of aliphatic hydroxyl groups is 1. The predicted octanol–water partition coefficient (Wildman–Crippen LogP) is 2.12. The van der Waals surface area contributed by atoms with Crippen LogP contribution in [0.3, 0.4) is 0 Å². The van der Waals surface area contributed by atoms with E-state index >= 15 is 0 Å². The Bertz CT molecular complexity index is 263. The maximum Gasteiger partial charge on any atom is 0.317 e. The molecule has 2 rings (SSSR count). The van der Waals surface area contributed by atoms with Crippen molar-refractivity contribution in [1.82, 2.24) is 10.2 Å². The fourth-order valence-electron chi connectivity index (χ4n) is 3.03. The SMILES string of the molecule is O=C(NCC1CCCCC1O)N1CCCCCC1. The normalized spacial score (nSPS) is 29.7. The van der Waals surface area contributed by atoms with Crippen LogP contribution in [0.25, 0.3) is 0 Å². The fraction of sp³-hybridized carbons (Fsp3) is 0.929. The smallest absolute Gasteiger partial charge is 0.317 e. The van der Waals surface area contributed by atoms with Gasteiger partial charge in [0.1, 0.15) is 0 Å². The van der Waals surface area contributed by atoms with Crippen LogP contribution < -0.4 is 5.32 Å². The van der Waals surface area contributed by atoms with E-state index < -0.39 is 0 Å². The van der Waals surface area contributed by atoms with E-state index in [0.717, 1.165) is 45.2 Å². The number of aliphatic hydroxyl groups excluding tert-OH is 1. The molecule has 1 saturated carbocycles. The van der Waals surface area contributed by atoms with E-state index in [2.05, 4.69) is 5.32 Å². The molecule has 0 spiro atoms. The molecular formula is C14H26N2O2. The van der Waals surface area contributed by atoms with Gasteiger partial charge in [-0.1, -0.05) is 25.7 Å². The van der Waals surface area contributed by atoms with E-state index in [4.69, 9.17) is 0 Å². The van der Waals surface area contributed by atoms with E-state index in [-0.39, 0.29) is 18.1 Å². The van der Waals surface area contributed by atoms with Gasteiger partial charge in [0, 0.05) is 25.6 Å². The quantitative estimate of drug-likeness (QED) is 0.793. The first-order chi connectivity index (χ1) is 8.77. The van der Waals surface area contributed by atoms with Gasteiger partial charge in [-0.3, -0.25) is 0 Å². The van der Waals surface area contributed by atoms with Crippen molar-refractivity contribution in [3.05, 3.63) is 0 Å². The van der Waals surface area contributed by atoms with Crippen LogP contribution in [0, 0.1) is 5.92 Å². The summed E-state index contributed by atoms with van der Waals surface area (Å²) in [6.07, 6.45) is 8.75. The topological polar surface area (TPSA) is 52.6 Å². The summed E-state index contributed by atoms with van der Waals surface area (Å²) in [6, 6.07) is 0.0645. The number of carbonyl (C=O) groups is 1. The van der Waals surface area contributed by atoms with Gasteiger partial charge in [-0.05, 0) is 25.7 Å². The molecular weight excluding hydrogens is 228 g/mol. The van der Waals surface area contributed by atoms with Crippen LogP contribution in [0.4, 0.5) is 4.79 Å². The van der Waals surface area contributed by atoms with E-state index in [0.29, 0.717) is 6.54 Å². The second kappa shape index (κ2) is 6.98. The summed E-state index contributed by atoms with van der Waals surface area (Å²) in [5.74, 6) is 0.259. The third kappa shape index (κ3) is 3.87. The lowest BCUT2D eigenvalue weighted by atomic mass is 9.86. The number of nitrogens with zero attached hydrogens (tertiary/aromatic N) is 1. The van der Waals surface area contributed by atoms with Crippen LogP contribution in [0.2, 0.25) is 0 Å². The first-order valence-electron chi connectivity index (χ1n) is 7.48. The van der Waals surface area contributed by atoms with Crippen LogP contribution >= 0.6 is 0 Å². The summed E-state index contributed by atoms with van der Waals surface area (Å²) in [4.78, 5) is 14.0. The van der Waals surface area contributed by atoms with Crippen LogP contribution in [0.1, 0.15) is 51.4 Å². The van der Waals surface area contributed by atoms with Gasteiger partial charge in [0.2, 0.25) is 0 Å². The van der Waals surface area contributed by atoms with Crippen molar-refractivity contribution in [2.75, 3.05) is 19.6 Å². The molecule has 0 aromatic rings. The van der Waals surface area contributed by atoms with Gasteiger partial charge in [0.05, 0.1) is 6.10 Å². The molecule has 2 atom stereocenters. The lowest BCUT2D eigenvalue weighted by molar-refractivity contribution is 0.0700. The largest absolute Gasteiger partial charge is 0.393 e. The van der Waals surface area contributed by atoms with Gasteiger partial charge in [-0.25, -0.2) is 4.79 Å². The molecule has 2 amide bonds. The second-order valence-electron chi connectivity index (χ2n) is 5.70. The molecule has 104 valence electrons. The van der Waals surface area contributed by atoms with Crippen LogP contribution in [0.15, 0.2) is 0 Å². The third-order valence-corrected chi connectivity index (χ3v) is 4.28. The Kier molecular flexibility index (Phi) is 5.29. The van der Waals surface area contributed by atoms with E-state index in [1.165, 1.54) is 19.3 Å². The Labute approximate surface area is 110 Å². The van der Waals surface area contributed by atoms with Crippen molar-refractivity contribution in [3.63, 3.8) is 0 Å². The monoisotopic (exact) mass is 254 g/mol. The average Bonchev–Trinajstić information content (AvgIpc) is 2.66. The van der Waals surface area contributed by atoms with E-state index in [1.54, 1.807) is 0 Å². The lowest BCUT2D eigenvalue weighted by Gasteiger charge is -2.29. The van der Waals surface area contributed by atoms with Crippen LogP contribution in [-0.2, 0) is 0 Å². The molecule has 0 bridgehead atoms. The van der Waals surface area contributed by atoms with Crippen molar-refractivity contribution >= 4 is 6.03 Å². The molecule has 1 saturated heterocycles. The first-order valence-corrected chi connectivity index (χ1v) is 7.48. The standard InChI is InChI=1S/C14H26N2O2/c17-13-8-4-3-7-12(13)11-15-14(18)16-9-5-1-2-6-10-16/h12-13,17H,1-11H2,(H,15,18). The Morgan fingerprint density at radius 3 is 2.39 bits per heavy atom. The highest BCUT2D eigenvalue weighted by molar-refractivity contribution is 5.74. The molecule has 1 heterocycles. The number of amides is 2. The highest BCUT2D eigenvalue weighted by atomic mass is 16.3. The summed E-state index contributed by atoms with van der Waals surface area (Å²) in [7, 11) is 0. The van der Waals surface area contributed by atoms with Crippen LogP contribution in [-0.4, -0.2) is 41.8 Å². The van der Waals surface area contributed by atoms with Gasteiger partial charge in [0.15, 0.2) is 0 Å². The Morgan fingerprint density at radius 2 is 1.72 bits per heavy atom. The minimum Gasteiger partial charge on any atom is -0.393 e. The van der Waals surface area contributed by atoms with E-state index in [1.807, 2.05) is 4.90 Å².